The summed E-state index contributed by atoms with van der Waals surface area (Å²) < 4.78 is 41.9. The van der Waals surface area contributed by atoms with Gasteiger partial charge in [0.1, 0.15) is 17.5 Å². The third-order valence-electron chi connectivity index (χ3n) is 3.71. The molecule has 0 amide bonds. The number of nitrogens with two attached hydrogens (primary N) is 2. The molecular weight excluding hydrogens is 265 g/mol. The van der Waals surface area contributed by atoms with Crippen molar-refractivity contribution in [1.29, 1.82) is 0 Å². The molecule has 0 saturated carbocycles. The molecular formula is C15H13F3N2. The molecule has 1 aliphatic carbocycles. The van der Waals surface area contributed by atoms with Gasteiger partial charge in [-0.15, -0.1) is 0 Å². The Morgan fingerprint density at radius 2 is 1.65 bits per heavy atom. The molecule has 0 heterocycles. The van der Waals surface area contributed by atoms with Crippen LogP contribution in [0.5, 0.6) is 0 Å². The van der Waals surface area contributed by atoms with E-state index >= 15 is 0 Å². The maximum absolute atomic E-state index is 14.0. The summed E-state index contributed by atoms with van der Waals surface area (Å²) in [5.74, 6) is -1.93. The maximum Gasteiger partial charge on any atom is 0.136 e. The van der Waals surface area contributed by atoms with E-state index in [4.69, 9.17) is 11.5 Å². The van der Waals surface area contributed by atoms with Gasteiger partial charge in [0, 0.05) is 17.3 Å². The molecule has 5 heteroatoms. The highest BCUT2D eigenvalue weighted by Crippen LogP contribution is 2.40. The van der Waals surface area contributed by atoms with E-state index in [0.29, 0.717) is 29.5 Å². The molecule has 104 valence electrons. The van der Waals surface area contributed by atoms with Crippen molar-refractivity contribution in [3.63, 3.8) is 0 Å². The first-order valence-electron chi connectivity index (χ1n) is 6.30. The molecule has 0 spiro atoms. The van der Waals surface area contributed by atoms with Crippen LogP contribution in [-0.4, -0.2) is 0 Å². The first-order valence-corrected chi connectivity index (χ1v) is 6.30. The molecule has 0 bridgehead atoms. The molecule has 2 aromatic rings. The zero-order valence-electron chi connectivity index (χ0n) is 10.6. The van der Waals surface area contributed by atoms with Crippen LogP contribution in [0.4, 0.5) is 18.9 Å². The number of nitrogen functional groups attached to an aromatic ring is 1. The first kappa shape index (κ1) is 13.0. The van der Waals surface area contributed by atoms with Gasteiger partial charge in [0.2, 0.25) is 0 Å². The normalized spacial score (nSPS) is 17.3. The smallest absolute Gasteiger partial charge is 0.136 e. The molecule has 0 aromatic heterocycles. The van der Waals surface area contributed by atoms with E-state index in [1.54, 1.807) is 0 Å². The molecule has 0 saturated heterocycles. The number of fused-ring (bicyclic) bond motifs is 1. The van der Waals surface area contributed by atoms with Crippen LogP contribution in [0.3, 0.4) is 0 Å². The predicted octanol–water partition coefficient (Wildman–Crippen LogP) is 3.30. The summed E-state index contributed by atoms with van der Waals surface area (Å²) in [5, 5.41) is 0. The number of rotatable bonds is 1. The van der Waals surface area contributed by atoms with Crippen molar-refractivity contribution in [1.82, 2.24) is 0 Å². The Balaban J connectivity index is 2.28. The second kappa shape index (κ2) is 4.52. The van der Waals surface area contributed by atoms with Gasteiger partial charge in [-0.1, -0.05) is 6.07 Å². The van der Waals surface area contributed by atoms with Gasteiger partial charge in [-0.05, 0) is 42.2 Å². The number of anilines is 1. The summed E-state index contributed by atoms with van der Waals surface area (Å²) >= 11 is 0. The van der Waals surface area contributed by atoms with Crippen LogP contribution in [0, 0.1) is 17.5 Å². The zero-order valence-corrected chi connectivity index (χ0v) is 10.6. The molecule has 2 nitrogen and oxygen atoms in total. The van der Waals surface area contributed by atoms with Crippen molar-refractivity contribution >= 4 is 5.69 Å². The monoisotopic (exact) mass is 278 g/mol. The second-order valence-corrected chi connectivity index (χ2v) is 4.99. The minimum atomic E-state index is -0.753. The van der Waals surface area contributed by atoms with Gasteiger partial charge >= 0.3 is 0 Å². The Hall–Kier alpha value is -2.01. The van der Waals surface area contributed by atoms with E-state index in [1.807, 2.05) is 0 Å². The molecule has 1 atom stereocenters. The fourth-order valence-electron chi connectivity index (χ4n) is 2.83. The van der Waals surface area contributed by atoms with Gasteiger partial charge in [-0.25, -0.2) is 13.2 Å². The minimum absolute atomic E-state index is 0.0132. The van der Waals surface area contributed by atoms with Crippen molar-refractivity contribution in [3.8, 4) is 11.1 Å². The van der Waals surface area contributed by atoms with Crippen LogP contribution in [-0.2, 0) is 6.42 Å². The molecule has 2 aromatic carbocycles. The number of hydrogen-bond donors (Lipinski definition) is 2. The fourth-order valence-corrected chi connectivity index (χ4v) is 2.83. The molecule has 4 N–H and O–H groups in total. The van der Waals surface area contributed by atoms with Crippen LogP contribution < -0.4 is 11.5 Å². The van der Waals surface area contributed by atoms with Crippen molar-refractivity contribution in [2.75, 3.05) is 5.73 Å². The summed E-state index contributed by atoms with van der Waals surface area (Å²) in [4.78, 5) is 0. The van der Waals surface area contributed by atoms with Gasteiger partial charge in [0.15, 0.2) is 0 Å². The van der Waals surface area contributed by atoms with Crippen LogP contribution >= 0.6 is 0 Å². The Bertz CT molecular complexity index is 675. The van der Waals surface area contributed by atoms with E-state index in [-0.39, 0.29) is 11.3 Å². The Kier molecular flexibility index (Phi) is 2.94. The highest BCUT2D eigenvalue weighted by Gasteiger charge is 2.27. The lowest BCUT2D eigenvalue weighted by atomic mass is 9.95. The third-order valence-corrected chi connectivity index (χ3v) is 3.71. The van der Waals surface area contributed by atoms with Crippen molar-refractivity contribution < 1.29 is 13.2 Å². The van der Waals surface area contributed by atoms with E-state index in [2.05, 4.69) is 0 Å². The van der Waals surface area contributed by atoms with Gasteiger partial charge in [-0.2, -0.15) is 0 Å². The highest BCUT2D eigenvalue weighted by atomic mass is 19.1. The Morgan fingerprint density at radius 1 is 1.00 bits per heavy atom. The highest BCUT2D eigenvalue weighted by molar-refractivity contribution is 5.72. The van der Waals surface area contributed by atoms with Gasteiger partial charge in [0.05, 0.1) is 5.56 Å². The largest absolute Gasteiger partial charge is 0.399 e. The molecule has 20 heavy (non-hydrogen) atoms. The Labute approximate surface area is 114 Å². The molecule has 1 aliphatic rings. The van der Waals surface area contributed by atoms with E-state index < -0.39 is 23.5 Å². The van der Waals surface area contributed by atoms with Gasteiger partial charge in [0.25, 0.3) is 0 Å². The SMILES string of the molecule is Nc1cc(F)c(-c2ccc(F)c3c2CC[C@H]3N)c(F)c1. The molecule has 3 rings (SSSR count). The number of hydrogen-bond acceptors (Lipinski definition) is 2. The lowest BCUT2D eigenvalue weighted by molar-refractivity contribution is 0.585. The molecule has 0 fully saturated rings. The summed E-state index contributed by atoms with van der Waals surface area (Å²) in [6, 6.07) is 4.29. The van der Waals surface area contributed by atoms with Crippen LogP contribution in [0.1, 0.15) is 23.6 Å². The Morgan fingerprint density at radius 3 is 2.30 bits per heavy atom. The van der Waals surface area contributed by atoms with Crippen LogP contribution in [0.15, 0.2) is 24.3 Å². The first-order chi connectivity index (χ1) is 9.49. The summed E-state index contributed by atoms with van der Waals surface area (Å²) in [6.07, 6.45) is 1.08. The van der Waals surface area contributed by atoms with Gasteiger partial charge < -0.3 is 11.5 Å². The molecule has 0 aliphatic heterocycles. The van der Waals surface area contributed by atoms with Crippen molar-refractivity contribution in [2.24, 2.45) is 5.73 Å². The standard InChI is InChI=1S/C15H13F3N2/c16-10-3-1-8(9-2-4-13(20)15(9)10)14-11(17)5-7(19)6-12(14)18/h1,3,5-6,13H,2,4,19-20H2/t13-/m1/s1. The fraction of sp³-hybridized carbons (Fsp3) is 0.200. The maximum atomic E-state index is 14.0. The van der Waals surface area contributed by atoms with Crippen LogP contribution in [0.2, 0.25) is 0 Å². The van der Waals surface area contributed by atoms with Crippen LogP contribution in [0.25, 0.3) is 11.1 Å². The van der Waals surface area contributed by atoms with E-state index in [0.717, 1.165) is 12.1 Å². The van der Waals surface area contributed by atoms with E-state index in [9.17, 15) is 13.2 Å². The average Bonchev–Trinajstić information content (AvgIpc) is 2.74. The lowest BCUT2D eigenvalue weighted by Crippen LogP contribution is -2.08. The molecule has 0 radical (unpaired) electrons. The second-order valence-electron chi connectivity index (χ2n) is 4.99. The zero-order chi connectivity index (χ0) is 14.4. The molecule has 0 unspecified atom stereocenters. The number of benzene rings is 2. The topological polar surface area (TPSA) is 52.0 Å². The van der Waals surface area contributed by atoms with E-state index in [1.165, 1.54) is 12.1 Å². The summed E-state index contributed by atoms with van der Waals surface area (Å²) in [7, 11) is 0. The number of halogens is 3. The predicted molar refractivity (Wildman–Crippen MR) is 71.4 cm³/mol. The average molecular weight is 278 g/mol. The summed E-state index contributed by atoms with van der Waals surface area (Å²) in [5.41, 5.74) is 12.4. The van der Waals surface area contributed by atoms with Gasteiger partial charge in [-0.3, -0.25) is 0 Å². The van der Waals surface area contributed by atoms with Crippen molar-refractivity contribution in [3.05, 3.63) is 52.8 Å². The third kappa shape index (κ3) is 1.86. The minimum Gasteiger partial charge on any atom is -0.399 e. The quantitative estimate of drug-likeness (QED) is 0.786. The van der Waals surface area contributed by atoms with Crippen molar-refractivity contribution in [2.45, 2.75) is 18.9 Å². The summed E-state index contributed by atoms with van der Waals surface area (Å²) in [6.45, 7) is 0. The lowest BCUT2D eigenvalue weighted by Gasteiger charge is -2.13.